The maximum absolute atomic E-state index is 10.2. The zero-order valence-electron chi connectivity index (χ0n) is 8.43. The molecular weight excluding hydrogens is 180 g/mol. The molecule has 0 aromatic heterocycles. The number of rotatable bonds is 2. The molecule has 0 bridgehead atoms. The van der Waals surface area contributed by atoms with Crippen LogP contribution in [0.2, 0.25) is 0 Å². The van der Waals surface area contributed by atoms with Crippen LogP contribution >= 0.6 is 0 Å². The monoisotopic (exact) mass is 194 g/mol. The number of carbonyl (C=O) groups excluding carboxylic acids is 2. The Morgan fingerprint density at radius 3 is 1.71 bits per heavy atom. The zero-order chi connectivity index (χ0) is 10.6. The molecule has 1 aliphatic carbocycles. The van der Waals surface area contributed by atoms with Crippen molar-refractivity contribution in [3.63, 3.8) is 0 Å². The van der Waals surface area contributed by atoms with Gasteiger partial charge in [-0.2, -0.15) is 0 Å². The maximum atomic E-state index is 10.2. The molecule has 1 saturated carbocycles. The predicted molar refractivity (Wildman–Crippen MR) is 51.4 cm³/mol. The number of hydrogen-bond donors (Lipinski definition) is 0. The molecule has 0 radical (unpaired) electrons. The van der Waals surface area contributed by atoms with E-state index in [9.17, 15) is 9.59 Å². The van der Waals surface area contributed by atoms with Gasteiger partial charge in [-0.25, -0.2) is 19.6 Å². The molecular formula is C10H14N2O2. The third-order valence-electron chi connectivity index (χ3n) is 2.98. The second-order valence-corrected chi connectivity index (χ2v) is 4.00. The molecule has 76 valence electrons. The highest BCUT2D eigenvalue weighted by atomic mass is 16.1. The van der Waals surface area contributed by atoms with Crippen LogP contribution in [0, 0.1) is 11.8 Å². The summed E-state index contributed by atoms with van der Waals surface area (Å²) in [7, 11) is 0. The van der Waals surface area contributed by atoms with Crippen molar-refractivity contribution < 1.29 is 9.59 Å². The molecule has 14 heavy (non-hydrogen) atoms. The first-order valence-electron chi connectivity index (χ1n) is 4.83. The SMILES string of the molecule is CC1CC(C)C(N=C=O)CC1N=C=O. The lowest BCUT2D eigenvalue weighted by atomic mass is 9.77. The lowest BCUT2D eigenvalue weighted by Crippen LogP contribution is -2.34. The van der Waals surface area contributed by atoms with Gasteiger partial charge in [0, 0.05) is 0 Å². The van der Waals surface area contributed by atoms with E-state index < -0.39 is 0 Å². The Morgan fingerprint density at radius 1 is 0.929 bits per heavy atom. The first-order valence-corrected chi connectivity index (χ1v) is 4.83. The van der Waals surface area contributed by atoms with Gasteiger partial charge in [-0.3, -0.25) is 0 Å². The van der Waals surface area contributed by atoms with Gasteiger partial charge in [-0.1, -0.05) is 13.8 Å². The lowest BCUT2D eigenvalue weighted by Gasteiger charge is -2.33. The van der Waals surface area contributed by atoms with Crippen LogP contribution in [0.4, 0.5) is 0 Å². The van der Waals surface area contributed by atoms with Crippen molar-refractivity contribution in [1.82, 2.24) is 0 Å². The summed E-state index contributed by atoms with van der Waals surface area (Å²) in [5.74, 6) is 0.731. The third kappa shape index (κ3) is 2.38. The van der Waals surface area contributed by atoms with E-state index in [1.165, 1.54) is 0 Å². The Hall–Kier alpha value is -1.24. The van der Waals surface area contributed by atoms with Gasteiger partial charge >= 0.3 is 0 Å². The van der Waals surface area contributed by atoms with E-state index in [4.69, 9.17) is 0 Å². The molecule has 1 aliphatic rings. The molecule has 0 amide bonds. The Kier molecular flexibility index (Phi) is 3.75. The smallest absolute Gasteiger partial charge is 0.211 e. The second kappa shape index (κ2) is 4.85. The normalized spacial score (nSPS) is 36.7. The molecule has 1 rings (SSSR count). The fourth-order valence-corrected chi connectivity index (χ4v) is 2.11. The van der Waals surface area contributed by atoms with Crippen LogP contribution in [0.25, 0.3) is 0 Å². The quantitative estimate of drug-likeness (QED) is 0.493. The van der Waals surface area contributed by atoms with E-state index in [1.54, 1.807) is 12.2 Å². The third-order valence-corrected chi connectivity index (χ3v) is 2.98. The van der Waals surface area contributed by atoms with Gasteiger partial charge < -0.3 is 0 Å². The van der Waals surface area contributed by atoms with Gasteiger partial charge in [-0.15, -0.1) is 0 Å². The van der Waals surface area contributed by atoms with Crippen LogP contribution in [0.5, 0.6) is 0 Å². The lowest BCUT2D eigenvalue weighted by molar-refractivity contribution is 0.232. The van der Waals surface area contributed by atoms with Crippen molar-refractivity contribution in [3.8, 4) is 0 Å². The Labute approximate surface area is 83.1 Å². The van der Waals surface area contributed by atoms with Crippen molar-refractivity contribution in [2.45, 2.75) is 38.8 Å². The average Bonchev–Trinajstić information content (AvgIpc) is 2.14. The summed E-state index contributed by atoms with van der Waals surface area (Å²) in [6.07, 6.45) is 4.76. The number of hydrogen-bond acceptors (Lipinski definition) is 4. The van der Waals surface area contributed by atoms with E-state index in [0.717, 1.165) is 6.42 Å². The largest absolute Gasteiger partial charge is 0.235 e. The molecule has 0 aromatic rings. The van der Waals surface area contributed by atoms with Crippen molar-refractivity contribution >= 4 is 12.2 Å². The van der Waals surface area contributed by atoms with Crippen LogP contribution in [0.3, 0.4) is 0 Å². The van der Waals surface area contributed by atoms with Crippen LogP contribution in [0.1, 0.15) is 26.7 Å². The summed E-state index contributed by atoms with van der Waals surface area (Å²) < 4.78 is 0. The molecule has 0 aromatic carbocycles. The van der Waals surface area contributed by atoms with E-state index >= 15 is 0 Å². The fraction of sp³-hybridized carbons (Fsp3) is 0.800. The molecule has 0 saturated heterocycles. The summed E-state index contributed by atoms with van der Waals surface area (Å²) in [5, 5.41) is 0. The second-order valence-electron chi connectivity index (χ2n) is 4.00. The van der Waals surface area contributed by atoms with Crippen LogP contribution in [-0.2, 0) is 9.59 Å². The molecule has 0 spiro atoms. The molecule has 0 aliphatic heterocycles. The average molecular weight is 194 g/mol. The van der Waals surface area contributed by atoms with Gasteiger partial charge in [0.15, 0.2) is 0 Å². The Morgan fingerprint density at radius 2 is 1.36 bits per heavy atom. The van der Waals surface area contributed by atoms with E-state index in [2.05, 4.69) is 23.8 Å². The summed E-state index contributed by atoms with van der Waals surface area (Å²) in [4.78, 5) is 27.8. The molecule has 4 unspecified atom stereocenters. The minimum atomic E-state index is -0.0363. The Balaban J connectivity index is 2.74. The summed E-state index contributed by atoms with van der Waals surface area (Å²) in [6.45, 7) is 4.12. The molecule has 4 atom stereocenters. The molecule has 4 nitrogen and oxygen atoms in total. The highest BCUT2D eigenvalue weighted by Gasteiger charge is 2.32. The fourth-order valence-electron chi connectivity index (χ4n) is 2.11. The molecule has 0 heterocycles. The van der Waals surface area contributed by atoms with Gasteiger partial charge in [0.25, 0.3) is 0 Å². The van der Waals surface area contributed by atoms with Crippen LogP contribution < -0.4 is 0 Å². The minimum absolute atomic E-state index is 0.0363. The summed E-state index contributed by atoms with van der Waals surface area (Å²) in [5.41, 5.74) is 0. The highest BCUT2D eigenvalue weighted by Crippen LogP contribution is 2.32. The number of aliphatic imine (C=N–C) groups is 2. The Bertz CT molecular complexity index is 262. The van der Waals surface area contributed by atoms with E-state index in [-0.39, 0.29) is 12.1 Å². The van der Waals surface area contributed by atoms with Crippen molar-refractivity contribution in [3.05, 3.63) is 0 Å². The van der Waals surface area contributed by atoms with Gasteiger partial charge in [0.05, 0.1) is 12.1 Å². The van der Waals surface area contributed by atoms with E-state index in [1.807, 2.05) is 0 Å². The molecule has 0 N–H and O–H groups in total. The van der Waals surface area contributed by atoms with Crippen molar-refractivity contribution in [2.75, 3.05) is 0 Å². The van der Waals surface area contributed by atoms with Gasteiger partial charge in [-0.05, 0) is 24.7 Å². The van der Waals surface area contributed by atoms with Crippen LogP contribution in [0.15, 0.2) is 9.98 Å². The maximum Gasteiger partial charge on any atom is 0.235 e. The summed E-state index contributed by atoms with van der Waals surface area (Å²) in [6, 6.07) is -0.0726. The predicted octanol–water partition coefficient (Wildman–Crippen LogP) is 1.46. The topological polar surface area (TPSA) is 58.9 Å². The van der Waals surface area contributed by atoms with Crippen LogP contribution in [-0.4, -0.2) is 24.2 Å². The van der Waals surface area contributed by atoms with Crippen molar-refractivity contribution in [2.24, 2.45) is 21.8 Å². The highest BCUT2D eigenvalue weighted by molar-refractivity contribution is 5.35. The van der Waals surface area contributed by atoms with E-state index in [0.29, 0.717) is 18.3 Å². The molecule has 4 heteroatoms. The van der Waals surface area contributed by atoms with Gasteiger partial charge in [0.1, 0.15) is 0 Å². The first kappa shape index (κ1) is 10.8. The van der Waals surface area contributed by atoms with Crippen molar-refractivity contribution in [1.29, 1.82) is 0 Å². The van der Waals surface area contributed by atoms with Gasteiger partial charge in [0.2, 0.25) is 12.2 Å². The summed E-state index contributed by atoms with van der Waals surface area (Å²) >= 11 is 0. The molecule has 1 fully saturated rings. The number of nitrogens with zero attached hydrogens (tertiary/aromatic N) is 2. The minimum Gasteiger partial charge on any atom is -0.211 e. The number of isocyanates is 2. The zero-order valence-corrected chi connectivity index (χ0v) is 8.43. The standard InChI is InChI=1S/C10H14N2O2/c1-7-3-8(2)10(12-6-14)4-9(7)11-5-13/h7-10H,3-4H2,1-2H3. The first-order chi connectivity index (χ1) is 6.69.